The number of benzene rings is 2. The van der Waals surface area contributed by atoms with Crippen LogP contribution in [0.15, 0.2) is 36.4 Å². The first-order valence-corrected chi connectivity index (χ1v) is 7.58. The number of carboxylic acid groups (broad SMARTS) is 1. The number of nitrogens with zero attached hydrogens (tertiary/aromatic N) is 1. The molecule has 5 nitrogen and oxygen atoms in total. The number of fused-ring (bicyclic) bond motifs is 1. The summed E-state index contributed by atoms with van der Waals surface area (Å²) in [5, 5.41) is 9.73. The standard InChI is InChI=1S/C18H13ClFNO4/c1-24-15-4-3-9(5-16(15)25-2)14-8-12(18(22)23)11-6-10(19)7-13(20)17(11)21-14/h3-8H,1-2H3,(H,22,23). The molecule has 0 atom stereocenters. The molecule has 25 heavy (non-hydrogen) atoms. The molecule has 0 amide bonds. The second-order valence-corrected chi connectivity index (χ2v) is 5.65. The number of hydrogen-bond acceptors (Lipinski definition) is 4. The van der Waals surface area contributed by atoms with Crippen molar-refractivity contribution in [2.75, 3.05) is 14.2 Å². The number of halogens is 2. The zero-order valence-corrected chi connectivity index (χ0v) is 14.1. The van der Waals surface area contributed by atoms with E-state index in [-0.39, 0.29) is 21.5 Å². The molecule has 1 aromatic heterocycles. The van der Waals surface area contributed by atoms with E-state index in [9.17, 15) is 14.3 Å². The Morgan fingerprint density at radius 2 is 1.84 bits per heavy atom. The lowest BCUT2D eigenvalue weighted by molar-refractivity contribution is 0.0699. The fourth-order valence-electron chi connectivity index (χ4n) is 2.57. The van der Waals surface area contributed by atoms with Gasteiger partial charge in [0, 0.05) is 16.0 Å². The van der Waals surface area contributed by atoms with Crippen molar-refractivity contribution in [3.8, 4) is 22.8 Å². The smallest absolute Gasteiger partial charge is 0.336 e. The quantitative estimate of drug-likeness (QED) is 0.745. The summed E-state index contributed by atoms with van der Waals surface area (Å²) in [6.45, 7) is 0. The van der Waals surface area contributed by atoms with Gasteiger partial charge in [0.1, 0.15) is 5.52 Å². The third kappa shape index (κ3) is 3.08. The Hall–Kier alpha value is -2.86. The van der Waals surface area contributed by atoms with E-state index in [0.717, 1.165) is 6.07 Å². The van der Waals surface area contributed by atoms with Crippen LogP contribution in [-0.4, -0.2) is 30.3 Å². The number of ether oxygens (including phenoxy) is 2. The molecule has 0 aliphatic rings. The van der Waals surface area contributed by atoms with Crippen molar-refractivity contribution in [1.29, 1.82) is 0 Å². The molecule has 7 heteroatoms. The predicted octanol–water partition coefficient (Wildman–Crippen LogP) is 4.41. The maximum atomic E-state index is 14.3. The highest BCUT2D eigenvalue weighted by molar-refractivity contribution is 6.31. The first kappa shape index (κ1) is 17.0. The monoisotopic (exact) mass is 361 g/mol. The second-order valence-electron chi connectivity index (χ2n) is 5.21. The number of aromatic nitrogens is 1. The van der Waals surface area contributed by atoms with Crippen LogP contribution in [0.3, 0.4) is 0 Å². The predicted molar refractivity (Wildman–Crippen MR) is 92.2 cm³/mol. The van der Waals surface area contributed by atoms with Crippen molar-refractivity contribution in [3.05, 3.63) is 52.8 Å². The maximum absolute atomic E-state index is 14.3. The molecule has 3 aromatic rings. The van der Waals surface area contributed by atoms with Gasteiger partial charge < -0.3 is 14.6 Å². The van der Waals surface area contributed by atoms with E-state index < -0.39 is 11.8 Å². The Kier molecular flexibility index (Phi) is 4.46. The zero-order valence-electron chi connectivity index (χ0n) is 13.3. The Labute approximate surface area is 147 Å². The topological polar surface area (TPSA) is 68.7 Å². The summed E-state index contributed by atoms with van der Waals surface area (Å²) in [5.41, 5.74) is 0.716. The normalized spacial score (nSPS) is 10.7. The molecule has 0 fully saturated rings. The van der Waals surface area contributed by atoms with Gasteiger partial charge in [0.25, 0.3) is 0 Å². The number of methoxy groups -OCH3 is 2. The third-order valence-electron chi connectivity index (χ3n) is 3.74. The van der Waals surface area contributed by atoms with Crippen molar-refractivity contribution in [2.24, 2.45) is 0 Å². The second kappa shape index (κ2) is 6.57. The van der Waals surface area contributed by atoms with Crippen LogP contribution in [0.1, 0.15) is 10.4 Å². The minimum absolute atomic E-state index is 0.0610. The lowest BCUT2D eigenvalue weighted by Gasteiger charge is -2.11. The van der Waals surface area contributed by atoms with Gasteiger partial charge in [-0.3, -0.25) is 0 Å². The van der Waals surface area contributed by atoms with Gasteiger partial charge in [-0.1, -0.05) is 11.6 Å². The summed E-state index contributed by atoms with van der Waals surface area (Å²) in [5.74, 6) is -0.915. The first-order chi connectivity index (χ1) is 11.9. The molecular weight excluding hydrogens is 349 g/mol. The number of rotatable bonds is 4. The van der Waals surface area contributed by atoms with E-state index in [2.05, 4.69) is 4.98 Å². The molecule has 2 aromatic carbocycles. The van der Waals surface area contributed by atoms with Crippen LogP contribution < -0.4 is 9.47 Å². The highest BCUT2D eigenvalue weighted by atomic mass is 35.5. The maximum Gasteiger partial charge on any atom is 0.336 e. The molecule has 3 rings (SSSR count). The zero-order chi connectivity index (χ0) is 18.1. The van der Waals surface area contributed by atoms with Gasteiger partial charge in [0.2, 0.25) is 0 Å². The highest BCUT2D eigenvalue weighted by Gasteiger charge is 2.17. The van der Waals surface area contributed by atoms with E-state index in [1.807, 2.05) is 0 Å². The van der Waals surface area contributed by atoms with E-state index in [0.29, 0.717) is 22.8 Å². The fourth-order valence-corrected chi connectivity index (χ4v) is 2.78. The Balaban J connectivity index is 2.29. The largest absolute Gasteiger partial charge is 0.493 e. The summed E-state index contributed by atoms with van der Waals surface area (Å²) in [4.78, 5) is 15.9. The molecule has 0 aliphatic carbocycles. The Bertz CT molecular complexity index is 990. The van der Waals surface area contributed by atoms with Crippen molar-refractivity contribution >= 4 is 28.5 Å². The van der Waals surface area contributed by atoms with Gasteiger partial charge >= 0.3 is 5.97 Å². The van der Waals surface area contributed by atoms with Crippen LogP contribution >= 0.6 is 11.6 Å². The molecule has 0 saturated carbocycles. The number of aromatic carboxylic acids is 1. The van der Waals surface area contributed by atoms with Gasteiger partial charge in [0.15, 0.2) is 17.3 Å². The van der Waals surface area contributed by atoms with Crippen LogP contribution in [0, 0.1) is 5.82 Å². The highest BCUT2D eigenvalue weighted by Crippen LogP contribution is 2.34. The molecule has 0 saturated heterocycles. The van der Waals surface area contributed by atoms with Gasteiger partial charge in [-0.05, 0) is 36.4 Å². The number of carboxylic acids is 1. The van der Waals surface area contributed by atoms with E-state index >= 15 is 0 Å². The molecule has 0 radical (unpaired) electrons. The lowest BCUT2D eigenvalue weighted by Crippen LogP contribution is -2.02. The summed E-state index contributed by atoms with van der Waals surface area (Å²) >= 11 is 5.84. The Morgan fingerprint density at radius 1 is 1.12 bits per heavy atom. The molecule has 1 N–H and O–H groups in total. The average molecular weight is 362 g/mol. The molecule has 0 aliphatic heterocycles. The van der Waals surface area contributed by atoms with E-state index in [4.69, 9.17) is 21.1 Å². The van der Waals surface area contributed by atoms with Gasteiger partial charge in [-0.2, -0.15) is 0 Å². The van der Waals surface area contributed by atoms with Crippen molar-refractivity contribution in [1.82, 2.24) is 4.98 Å². The average Bonchev–Trinajstić information content (AvgIpc) is 2.60. The first-order valence-electron chi connectivity index (χ1n) is 7.20. The van der Waals surface area contributed by atoms with Crippen molar-refractivity contribution in [3.63, 3.8) is 0 Å². The van der Waals surface area contributed by atoms with Crippen molar-refractivity contribution in [2.45, 2.75) is 0 Å². The molecule has 0 bridgehead atoms. The van der Waals surface area contributed by atoms with Crippen LogP contribution in [-0.2, 0) is 0 Å². The minimum atomic E-state index is -1.20. The van der Waals surface area contributed by atoms with Gasteiger partial charge in [-0.25, -0.2) is 14.2 Å². The summed E-state index contributed by atoms with van der Waals surface area (Å²) in [6.07, 6.45) is 0. The van der Waals surface area contributed by atoms with Crippen molar-refractivity contribution < 1.29 is 23.8 Å². The number of carbonyl (C=O) groups is 1. The third-order valence-corrected chi connectivity index (χ3v) is 3.96. The van der Waals surface area contributed by atoms with Gasteiger partial charge in [0.05, 0.1) is 25.5 Å². The molecule has 0 unspecified atom stereocenters. The minimum Gasteiger partial charge on any atom is -0.493 e. The van der Waals surface area contributed by atoms with Crippen LogP contribution in [0.4, 0.5) is 4.39 Å². The summed E-state index contributed by atoms with van der Waals surface area (Å²) < 4.78 is 24.7. The molecule has 1 heterocycles. The van der Waals surface area contributed by atoms with Crippen LogP contribution in [0.25, 0.3) is 22.2 Å². The van der Waals surface area contributed by atoms with Crippen LogP contribution in [0.5, 0.6) is 11.5 Å². The molecular formula is C18H13ClFNO4. The number of pyridine rings is 1. The van der Waals surface area contributed by atoms with Gasteiger partial charge in [-0.15, -0.1) is 0 Å². The van der Waals surface area contributed by atoms with Crippen LogP contribution in [0.2, 0.25) is 5.02 Å². The molecule has 128 valence electrons. The summed E-state index contributed by atoms with van der Waals surface area (Å²) in [7, 11) is 2.99. The fraction of sp³-hybridized carbons (Fsp3) is 0.111. The van der Waals surface area contributed by atoms with E-state index in [1.165, 1.54) is 26.4 Å². The van der Waals surface area contributed by atoms with E-state index in [1.54, 1.807) is 18.2 Å². The Morgan fingerprint density at radius 3 is 2.48 bits per heavy atom. The number of hydrogen-bond donors (Lipinski definition) is 1. The lowest BCUT2D eigenvalue weighted by atomic mass is 10.0. The SMILES string of the molecule is COc1ccc(-c2cc(C(=O)O)c3cc(Cl)cc(F)c3n2)cc1OC. The summed E-state index contributed by atoms with van der Waals surface area (Å²) in [6, 6.07) is 8.86. The molecule has 0 spiro atoms.